The normalized spacial score (nSPS) is 20.0. The Balaban J connectivity index is 1.56. The molecule has 6 heteroatoms. The van der Waals surface area contributed by atoms with Crippen molar-refractivity contribution in [1.29, 1.82) is 0 Å². The van der Waals surface area contributed by atoms with E-state index in [1.165, 1.54) is 18.4 Å². The Bertz CT molecular complexity index is 709. The molecule has 0 spiro atoms. The predicted octanol–water partition coefficient (Wildman–Crippen LogP) is 2.55. The van der Waals surface area contributed by atoms with Crippen molar-refractivity contribution < 1.29 is 18.4 Å². The van der Waals surface area contributed by atoms with Gasteiger partial charge in [0.2, 0.25) is 0 Å². The first kappa shape index (κ1) is 12.4. The molecule has 5 nitrogen and oxygen atoms in total. The first-order valence-electron chi connectivity index (χ1n) is 6.90. The number of ether oxygens (including phenoxy) is 1. The van der Waals surface area contributed by atoms with Crippen LogP contribution in [-0.4, -0.2) is 17.7 Å². The molecule has 108 valence electrons. The first-order chi connectivity index (χ1) is 10.2. The van der Waals surface area contributed by atoms with Gasteiger partial charge in [0.15, 0.2) is 0 Å². The van der Waals surface area contributed by atoms with Crippen LogP contribution >= 0.6 is 0 Å². The predicted molar refractivity (Wildman–Crippen MR) is 70.6 cm³/mol. The lowest BCUT2D eigenvalue weighted by Gasteiger charge is -2.11. The highest BCUT2D eigenvalue weighted by molar-refractivity contribution is 5.95. The van der Waals surface area contributed by atoms with Gasteiger partial charge in [0, 0.05) is 11.5 Å². The van der Waals surface area contributed by atoms with E-state index in [0.29, 0.717) is 35.1 Å². The maximum Gasteiger partial charge on any atom is 0.257 e. The molecule has 1 aromatic heterocycles. The third kappa shape index (κ3) is 2.16. The van der Waals surface area contributed by atoms with Gasteiger partial charge in [-0.2, -0.15) is 0 Å². The summed E-state index contributed by atoms with van der Waals surface area (Å²) in [7, 11) is 0. The summed E-state index contributed by atoms with van der Waals surface area (Å²) >= 11 is 0. The Morgan fingerprint density at radius 3 is 3.05 bits per heavy atom. The zero-order valence-electron chi connectivity index (χ0n) is 11.1. The summed E-state index contributed by atoms with van der Waals surface area (Å²) in [5, 5.41) is 6.76. The monoisotopic (exact) mass is 288 g/mol. The molecular weight excluding hydrogens is 275 g/mol. The zero-order chi connectivity index (χ0) is 14.4. The SMILES string of the molecule is O=C(NC1COc2ccc(F)cc21)c1conc1C1CC1. The van der Waals surface area contributed by atoms with Crippen LogP contribution in [0.4, 0.5) is 4.39 Å². The standard InChI is InChI=1S/C15H13FN2O3/c16-9-3-4-13-10(5-9)12(7-20-13)17-15(19)11-6-21-18-14(11)8-1-2-8/h3-6,8,12H,1-2,7H2,(H,17,19). The molecule has 1 saturated carbocycles. The quantitative estimate of drug-likeness (QED) is 0.942. The first-order valence-corrected chi connectivity index (χ1v) is 6.90. The van der Waals surface area contributed by atoms with Crippen molar-refractivity contribution in [3.8, 4) is 5.75 Å². The van der Waals surface area contributed by atoms with Crippen LogP contribution in [0.3, 0.4) is 0 Å². The molecule has 1 aliphatic heterocycles. The van der Waals surface area contributed by atoms with Gasteiger partial charge in [0.1, 0.15) is 30.0 Å². The topological polar surface area (TPSA) is 64.4 Å². The van der Waals surface area contributed by atoms with Gasteiger partial charge in [-0.05, 0) is 31.0 Å². The molecule has 1 atom stereocenters. The van der Waals surface area contributed by atoms with Crippen LogP contribution < -0.4 is 10.1 Å². The number of carbonyl (C=O) groups excluding carboxylic acids is 1. The minimum atomic E-state index is -0.356. The molecule has 0 radical (unpaired) electrons. The Morgan fingerprint density at radius 2 is 2.24 bits per heavy atom. The molecule has 4 rings (SSSR count). The highest BCUT2D eigenvalue weighted by atomic mass is 19.1. The molecule has 2 aliphatic rings. The van der Waals surface area contributed by atoms with Gasteiger partial charge in [-0.15, -0.1) is 0 Å². The summed E-state index contributed by atoms with van der Waals surface area (Å²) in [6, 6.07) is 3.95. The van der Waals surface area contributed by atoms with Crippen LogP contribution in [0.2, 0.25) is 0 Å². The zero-order valence-corrected chi connectivity index (χ0v) is 11.1. The smallest absolute Gasteiger partial charge is 0.257 e. The number of nitrogens with one attached hydrogen (secondary N) is 1. The number of fused-ring (bicyclic) bond motifs is 1. The number of hydrogen-bond acceptors (Lipinski definition) is 4. The lowest BCUT2D eigenvalue weighted by Crippen LogP contribution is -2.29. The maximum atomic E-state index is 13.3. The molecule has 1 unspecified atom stereocenters. The Morgan fingerprint density at radius 1 is 1.38 bits per heavy atom. The van der Waals surface area contributed by atoms with E-state index in [9.17, 15) is 9.18 Å². The number of hydrogen-bond donors (Lipinski definition) is 1. The summed E-state index contributed by atoms with van der Waals surface area (Å²) in [4.78, 5) is 12.3. The number of amides is 1. The second-order valence-electron chi connectivity index (χ2n) is 5.41. The molecule has 1 aliphatic carbocycles. The number of aromatic nitrogens is 1. The Kier molecular flexibility index (Phi) is 2.70. The van der Waals surface area contributed by atoms with Gasteiger partial charge in [-0.25, -0.2) is 4.39 Å². The molecule has 2 aromatic rings. The lowest BCUT2D eigenvalue weighted by molar-refractivity contribution is 0.0928. The lowest BCUT2D eigenvalue weighted by atomic mass is 10.1. The van der Waals surface area contributed by atoms with E-state index < -0.39 is 0 Å². The maximum absolute atomic E-state index is 13.3. The molecule has 1 amide bonds. The minimum absolute atomic E-state index is 0.260. The van der Waals surface area contributed by atoms with E-state index in [2.05, 4.69) is 10.5 Å². The average Bonchev–Trinajstić information content (AvgIpc) is 3.07. The van der Waals surface area contributed by atoms with Gasteiger partial charge in [0.05, 0.1) is 11.7 Å². The van der Waals surface area contributed by atoms with Crippen LogP contribution in [0, 0.1) is 5.82 Å². The fourth-order valence-electron chi connectivity index (χ4n) is 2.61. The van der Waals surface area contributed by atoms with Crippen molar-refractivity contribution in [2.24, 2.45) is 0 Å². The van der Waals surface area contributed by atoms with Crippen LogP contribution in [-0.2, 0) is 0 Å². The van der Waals surface area contributed by atoms with E-state index >= 15 is 0 Å². The molecule has 0 saturated heterocycles. The van der Waals surface area contributed by atoms with Crippen LogP contribution in [0.25, 0.3) is 0 Å². The molecule has 1 fully saturated rings. The van der Waals surface area contributed by atoms with E-state index in [-0.39, 0.29) is 17.8 Å². The van der Waals surface area contributed by atoms with E-state index in [1.807, 2.05) is 0 Å². The molecule has 1 N–H and O–H groups in total. The highest BCUT2D eigenvalue weighted by Gasteiger charge is 2.33. The average molecular weight is 288 g/mol. The van der Waals surface area contributed by atoms with E-state index in [1.54, 1.807) is 6.07 Å². The summed E-state index contributed by atoms with van der Waals surface area (Å²) in [6.45, 7) is 0.300. The number of carbonyl (C=O) groups is 1. The summed E-state index contributed by atoms with van der Waals surface area (Å²) in [6.07, 6.45) is 3.44. The van der Waals surface area contributed by atoms with Crippen LogP contribution in [0.15, 0.2) is 29.0 Å². The summed E-state index contributed by atoms with van der Waals surface area (Å²) in [5.41, 5.74) is 1.83. The molecular formula is C15H13FN2O3. The van der Waals surface area contributed by atoms with Crippen molar-refractivity contribution in [3.63, 3.8) is 0 Å². The number of nitrogens with zero attached hydrogens (tertiary/aromatic N) is 1. The van der Waals surface area contributed by atoms with Gasteiger partial charge in [-0.1, -0.05) is 5.16 Å². The minimum Gasteiger partial charge on any atom is -0.491 e. The van der Waals surface area contributed by atoms with Crippen molar-refractivity contribution in [3.05, 3.63) is 47.1 Å². The van der Waals surface area contributed by atoms with Crippen molar-refractivity contribution >= 4 is 5.91 Å². The van der Waals surface area contributed by atoms with Crippen LogP contribution in [0.1, 0.15) is 46.4 Å². The van der Waals surface area contributed by atoms with Gasteiger partial charge < -0.3 is 14.6 Å². The van der Waals surface area contributed by atoms with E-state index in [4.69, 9.17) is 9.26 Å². The molecule has 0 bridgehead atoms. The number of benzene rings is 1. The highest BCUT2D eigenvalue weighted by Crippen LogP contribution is 2.41. The summed E-state index contributed by atoms with van der Waals surface area (Å²) < 4.78 is 23.7. The molecule has 1 aromatic carbocycles. The van der Waals surface area contributed by atoms with Gasteiger partial charge >= 0.3 is 0 Å². The fraction of sp³-hybridized carbons (Fsp3) is 0.333. The molecule has 21 heavy (non-hydrogen) atoms. The van der Waals surface area contributed by atoms with Crippen molar-refractivity contribution in [2.75, 3.05) is 6.61 Å². The van der Waals surface area contributed by atoms with Crippen molar-refractivity contribution in [1.82, 2.24) is 10.5 Å². The number of halogens is 1. The number of rotatable bonds is 3. The van der Waals surface area contributed by atoms with Crippen LogP contribution in [0.5, 0.6) is 5.75 Å². The third-order valence-electron chi connectivity index (χ3n) is 3.86. The van der Waals surface area contributed by atoms with Gasteiger partial charge in [0.25, 0.3) is 5.91 Å². The largest absolute Gasteiger partial charge is 0.491 e. The van der Waals surface area contributed by atoms with Gasteiger partial charge in [-0.3, -0.25) is 4.79 Å². The second kappa shape index (κ2) is 4.58. The Labute approximate surface area is 120 Å². The summed E-state index contributed by atoms with van der Waals surface area (Å²) in [5.74, 6) is 0.328. The second-order valence-corrected chi connectivity index (χ2v) is 5.41. The van der Waals surface area contributed by atoms with Crippen molar-refractivity contribution in [2.45, 2.75) is 24.8 Å². The Hall–Kier alpha value is -2.37. The third-order valence-corrected chi connectivity index (χ3v) is 3.86. The fourth-order valence-corrected chi connectivity index (χ4v) is 2.61. The molecule has 2 heterocycles. The van der Waals surface area contributed by atoms with E-state index in [0.717, 1.165) is 12.8 Å².